The maximum Gasteiger partial charge on any atom is 0.516 e. The van der Waals surface area contributed by atoms with Crippen LogP contribution in [0, 0.1) is 0 Å². The predicted octanol–water partition coefficient (Wildman–Crippen LogP) is 2.24. The Kier molecular flexibility index (Phi) is 2.04. The third kappa shape index (κ3) is 1.79. The molecule has 0 saturated carbocycles. The van der Waals surface area contributed by atoms with Crippen molar-refractivity contribution in [2.45, 2.75) is 11.1 Å². The first-order valence-corrected chi connectivity index (χ1v) is 4.26. The lowest BCUT2D eigenvalue weighted by Gasteiger charge is -1.95. The van der Waals surface area contributed by atoms with Crippen molar-refractivity contribution in [1.82, 2.24) is 0 Å². The van der Waals surface area contributed by atoms with Crippen LogP contribution >= 0.6 is 31.1 Å². The molecule has 0 bridgehead atoms. The summed E-state index contributed by atoms with van der Waals surface area (Å²) in [5, 5.41) is 0. The van der Waals surface area contributed by atoms with Gasteiger partial charge in [0.1, 0.15) is 0 Å². The standard InChI is InChI=1S/C2H2Cl2FO3P/c3-1-2(4)8-9(5,6)7-1/h1-2H. The highest BCUT2D eigenvalue weighted by molar-refractivity contribution is 7.48. The minimum absolute atomic E-state index is 1.16. The van der Waals surface area contributed by atoms with E-state index in [-0.39, 0.29) is 0 Å². The van der Waals surface area contributed by atoms with Crippen LogP contribution in [0.3, 0.4) is 0 Å². The molecule has 0 spiro atoms. The summed E-state index contributed by atoms with van der Waals surface area (Å²) in [6.07, 6.45) is 0. The highest BCUT2D eigenvalue weighted by Gasteiger charge is 2.43. The lowest BCUT2D eigenvalue weighted by atomic mass is 10.8. The Labute approximate surface area is 60.7 Å². The minimum Gasteiger partial charge on any atom is -0.260 e. The largest absolute Gasteiger partial charge is 0.516 e. The van der Waals surface area contributed by atoms with Crippen molar-refractivity contribution in [2.24, 2.45) is 0 Å². The normalized spacial score (nSPS) is 51.9. The first-order chi connectivity index (χ1) is 4.01. The molecule has 1 rings (SSSR count). The van der Waals surface area contributed by atoms with E-state index in [0.29, 0.717) is 0 Å². The molecule has 1 aliphatic heterocycles. The molecule has 1 heterocycles. The molecule has 0 amide bonds. The van der Waals surface area contributed by atoms with Crippen molar-refractivity contribution in [3.05, 3.63) is 0 Å². The van der Waals surface area contributed by atoms with E-state index in [1.807, 2.05) is 0 Å². The van der Waals surface area contributed by atoms with E-state index in [2.05, 4.69) is 9.05 Å². The lowest BCUT2D eigenvalue weighted by Crippen LogP contribution is -2.07. The fourth-order valence-electron chi connectivity index (χ4n) is 0.361. The van der Waals surface area contributed by atoms with Crippen molar-refractivity contribution in [2.75, 3.05) is 0 Å². The number of hydrogen-bond donors (Lipinski definition) is 0. The van der Waals surface area contributed by atoms with Crippen molar-refractivity contribution in [3.8, 4) is 0 Å². The number of halogens is 3. The predicted molar refractivity (Wildman–Crippen MR) is 30.2 cm³/mol. The molecule has 2 atom stereocenters. The third-order valence-electron chi connectivity index (χ3n) is 0.659. The molecule has 1 saturated heterocycles. The second-order valence-electron chi connectivity index (χ2n) is 1.34. The number of alkyl halides is 2. The summed E-state index contributed by atoms with van der Waals surface area (Å²) in [7, 11) is -4.42. The van der Waals surface area contributed by atoms with E-state index in [4.69, 9.17) is 23.2 Å². The van der Waals surface area contributed by atoms with Crippen LogP contribution in [0.15, 0.2) is 0 Å². The van der Waals surface area contributed by atoms with Crippen LogP contribution in [0.5, 0.6) is 0 Å². The molecule has 1 aliphatic rings. The zero-order valence-corrected chi connectivity index (χ0v) is 6.37. The monoisotopic (exact) mass is 194 g/mol. The smallest absolute Gasteiger partial charge is 0.260 e. The summed E-state index contributed by atoms with van der Waals surface area (Å²) in [6, 6.07) is 0. The second-order valence-corrected chi connectivity index (χ2v) is 3.49. The summed E-state index contributed by atoms with van der Waals surface area (Å²) >= 11 is 10.3. The Balaban J connectivity index is 2.65. The van der Waals surface area contributed by atoms with Gasteiger partial charge < -0.3 is 0 Å². The van der Waals surface area contributed by atoms with Crippen LogP contribution in [0.1, 0.15) is 0 Å². The van der Waals surface area contributed by atoms with E-state index in [1.54, 1.807) is 0 Å². The Morgan fingerprint density at radius 2 is 1.67 bits per heavy atom. The molecular formula is C2H2Cl2FO3P. The van der Waals surface area contributed by atoms with E-state index < -0.39 is 19.0 Å². The number of rotatable bonds is 0. The Morgan fingerprint density at radius 1 is 1.33 bits per heavy atom. The van der Waals surface area contributed by atoms with E-state index in [9.17, 15) is 8.76 Å². The van der Waals surface area contributed by atoms with Crippen LogP contribution in [0.2, 0.25) is 0 Å². The first kappa shape index (κ1) is 7.76. The zero-order valence-electron chi connectivity index (χ0n) is 3.96. The van der Waals surface area contributed by atoms with Crippen molar-refractivity contribution < 1.29 is 17.8 Å². The zero-order chi connectivity index (χ0) is 7.07. The van der Waals surface area contributed by atoms with Crippen molar-refractivity contribution in [1.29, 1.82) is 0 Å². The fourth-order valence-corrected chi connectivity index (χ4v) is 1.93. The van der Waals surface area contributed by atoms with Crippen molar-refractivity contribution >= 4 is 31.1 Å². The summed E-state index contributed by atoms with van der Waals surface area (Å²) in [5.41, 5.74) is -2.33. The van der Waals surface area contributed by atoms with Gasteiger partial charge in [-0.1, -0.05) is 23.2 Å². The molecule has 3 nitrogen and oxygen atoms in total. The van der Waals surface area contributed by atoms with Gasteiger partial charge in [0.05, 0.1) is 0 Å². The average molecular weight is 195 g/mol. The molecule has 0 aromatic heterocycles. The molecule has 2 unspecified atom stereocenters. The van der Waals surface area contributed by atoms with Gasteiger partial charge in [-0.2, -0.15) is 0 Å². The third-order valence-corrected chi connectivity index (χ3v) is 2.63. The number of hydrogen-bond acceptors (Lipinski definition) is 3. The average Bonchev–Trinajstić information content (AvgIpc) is 1.79. The quantitative estimate of drug-likeness (QED) is 0.439. The van der Waals surface area contributed by atoms with Gasteiger partial charge >= 0.3 is 7.91 Å². The topological polar surface area (TPSA) is 35.5 Å². The summed E-state index contributed by atoms with van der Waals surface area (Å²) in [5.74, 6) is 0. The molecule has 1 fully saturated rings. The highest BCUT2D eigenvalue weighted by Crippen LogP contribution is 2.59. The Hall–Kier alpha value is 0.660. The van der Waals surface area contributed by atoms with Crippen LogP contribution in [0.4, 0.5) is 4.20 Å². The van der Waals surface area contributed by atoms with E-state index in [0.717, 1.165) is 0 Å². The molecule has 0 aromatic rings. The molecule has 0 aromatic carbocycles. The summed E-state index contributed by atoms with van der Waals surface area (Å²) in [6.45, 7) is 0. The molecule has 0 radical (unpaired) electrons. The molecule has 7 heteroatoms. The van der Waals surface area contributed by atoms with Gasteiger partial charge in [-0.3, -0.25) is 9.05 Å². The van der Waals surface area contributed by atoms with Gasteiger partial charge in [0, 0.05) is 0 Å². The maximum absolute atomic E-state index is 12.1. The lowest BCUT2D eigenvalue weighted by molar-refractivity contribution is 0.292. The van der Waals surface area contributed by atoms with Crippen LogP contribution in [-0.4, -0.2) is 11.1 Å². The molecule has 54 valence electrons. The van der Waals surface area contributed by atoms with Gasteiger partial charge in [-0.15, -0.1) is 4.20 Å². The van der Waals surface area contributed by atoms with E-state index >= 15 is 0 Å². The fraction of sp³-hybridized carbons (Fsp3) is 1.00. The SMILES string of the molecule is O=P1(F)OC(Cl)C(Cl)O1. The molecular weight excluding hydrogens is 193 g/mol. The summed E-state index contributed by atoms with van der Waals surface area (Å²) < 4.78 is 30.1. The maximum atomic E-state index is 12.1. The van der Waals surface area contributed by atoms with Crippen LogP contribution in [0.25, 0.3) is 0 Å². The minimum atomic E-state index is -4.42. The van der Waals surface area contributed by atoms with Gasteiger partial charge in [-0.25, -0.2) is 4.57 Å². The molecule has 0 aliphatic carbocycles. The van der Waals surface area contributed by atoms with Gasteiger partial charge in [0.15, 0.2) is 11.1 Å². The van der Waals surface area contributed by atoms with E-state index in [1.165, 1.54) is 0 Å². The summed E-state index contributed by atoms with van der Waals surface area (Å²) in [4.78, 5) is 0. The molecule has 0 N–H and O–H groups in total. The first-order valence-electron chi connectivity index (χ1n) is 1.96. The van der Waals surface area contributed by atoms with Crippen molar-refractivity contribution in [3.63, 3.8) is 0 Å². The second kappa shape index (κ2) is 2.36. The molecule has 9 heavy (non-hydrogen) atoms. The Morgan fingerprint density at radius 3 is 1.78 bits per heavy atom. The van der Waals surface area contributed by atoms with Crippen LogP contribution in [-0.2, 0) is 13.6 Å². The van der Waals surface area contributed by atoms with Gasteiger partial charge in [-0.05, 0) is 0 Å². The van der Waals surface area contributed by atoms with Crippen LogP contribution < -0.4 is 0 Å². The van der Waals surface area contributed by atoms with Gasteiger partial charge in [0.25, 0.3) is 0 Å². The highest BCUT2D eigenvalue weighted by atomic mass is 35.5. The Bertz CT molecular complexity index is 150. The van der Waals surface area contributed by atoms with Gasteiger partial charge in [0.2, 0.25) is 0 Å².